The van der Waals surface area contributed by atoms with E-state index in [1.54, 1.807) is 36.1 Å². The summed E-state index contributed by atoms with van der Waals surface area (Å²) in [5, 5.41) is 13.6. The molecule has 2 aliphatic heterocycles. The highest BCUT2D eigenvalue weighted by molar-refractivity contribution is 5.99. The van der Waals surface area contributed by atoms with Crippen molar-refractivity contribution in [2.75, 3.05) is 25.2 Å². The van der Waals surface area contributed by atoms with Crippen molar-refractivity contribution in [2.45, 2.75) is 6.92 Å². The van der Waals surface area contributed by atoms with Crippen LogP contribution in [0.4, 0.5) is 11.4 Å². The zero-order valence-electron chi connectivity index (χ0n) is 15.0. The number of hydrogen-bond acceptors (Lipinski definition) is 6. The first kappa shape index (κ1) is 17.8. The lowest BCUT2D eigenvalue weighted by atomic mass is 9.97. The van der Waals surface area contributed by atoms with E-state index in [0.717, 1.165) is 5.56 Å². The summed E-state index contributed by atoms with van der Waals surface area (Å²) in [6.07, 6.45) is 0. The zero-order valence-corrected chi connectivity index (χ0v) is 15.0. The van der Waals surface area contributed by atoms with E-state index in [-0.39, 0.29) is 43.3 Å². The molecule has 0 atom stereocenters. The number of carbonyl (C=O) groups is 2. The number of ether oxygens (including phenoxy) is 2. The normalized spacial score (nSPS) is 15.1. The predicted octanol–water partition coefficient (Wildman–Crippen LogP) is 2.34. The van der Waals surface area contributed by atoms with Crippen LogP contribution in [0.5, 0.6) is 11.5 Å². The molecular formula is C19H17N3O6. The summed E-state index contributed by atoms with van der Waals surface area (Å²) in [4.78, 5) is 36.9. The molecule has 2 amide bonds. The third kappa shape index (κ3) is 3.22. The maximum atomic E-state index is 12.5. The smallest absolute Gasteiger partial charge is 0.271 e. The van der Waals surface area contributed by atoms with Crippen LogP contribution in [0.1, 0.15) is 15.9 Å². The Bertz CT molecular complexity index is 984. The molecular weight excluding hydrogens is 366 g/mol. The Morgan fingerprint density at radius 1 is 1.14 bits per heavy atom. The van der Waals surface area contributed by atoms with Gasteiger partial charge in [-0.1, -0.05) is 6.07 Å². The third-order valence-electron chi connectivity index (χ3n) is 4.85. The van der Waals surface area contributed by atoms with E-state index in [1.807, 2.05) is 0 Å². The maximum Gasteiger partial charge on any atom is 0.271 e. The SMILES string of the molecule is Cc1ccc([N+](=O)[O-])cc1NC(=O)C1CN(C(=O)c2ccc3c(c2)OCO3)C1. The van der Waals surface area contributed by atoms with Gasteiger partial charge in [-0.25, -0.2) is 0 Å². The first-order chi connectivity index (χ1) is 13.4. The van der Waals surface area contributed by atoms with E-state index in [2.05, 4.69) is 5.32 Å². The molecule has 28 heavy (non-hydrogen) atoms. The van der Waals surface area contributed by atoms with Gasteiger partial charge in [-0.15, -0.1) is 0 Å². The zero-order chi connectivity index (χ0) is 19.8. The van der Waals surface area contributed by atoms with Crippen LogP contribution in [0.25, 0.3) is 0 Å². The third-order valence-corrected chi connectivity index (χ3v) is 4.85. The van der Waals surface area contributed by atoms with Gasteiger partial charge in [-0.05, 0) is 30.7 Å². The Labute approximate surface area is 160 Å². The van der Waals surface area contributed by atoms with Crippen molar-refractivity contribution in [1.29, 1.82) is 0 Å². The summed E-state index contributed by atoms with van der Waals surface area (Å²) >= 11 is 0. The van der Waals surface area contributed by atoms with Crippen molar-refractivity contribution >= 4 is 23.2 Å². The molecule has 0 bridgehead atoms. The van der Waals surface area contributed by atoms with Crippen LogP contribution in [-0.4, -0.2) is 41.5 Å². The van der Waals surface area contributed by atoms with Crippen LogP contribution < -0.4 is 14.8 Å². The topological polar surface area (TPSA) is 111 Å². The van der Waals surface area contributed by atoms with Crippen molar-refractivity contribution < 1.29 is 24.0 Å². The van der Waals surface area contributed by atoms with Gasteiger partial charge in [0.05, 0.1) is 16.5 Å². The molecule has 0 spiro atoms. The molecule has 2 aromatic carbocycles. The number of rotatable bonds is 4. The fourth-order valence-corrected chi connectivity index (χ4v) is 3.12. The van der Waals surface area contributed by atoms with Gasteiger partial charge in [-0.2, -0.15) is 0 Å². The lowest BCUT2D eigenvalue weighted by Gasteiger charge is -2.38. The van der Waals surface area contributed by atoms with Gasteiger partial charge in [-0.3, -0.25) is 19.7 Å². The molecule has 2 heterocycles. The average Bonchev–Trinajstić information content (AvgIpc) is 3.09. The lowest BCUT2D eigenvalue weighted by Crippen LogP contribution is -2.54. The van der Waals surface area contributed by atoms with Gasteiger partial charge in [0.1, 0.15) is 0 Å². The van der Waals surface area contributed by atoms with E-state index in [4.69, 9.17) is 9.47 Å². The predicted molar refractivity (Wildman–Crippen MR) is 98.4 cm³/mol. The number of aryl methyl sites for hydroxylation is 1. The second-order valence-corrected chi connectivity index (χ2v) is 6.72. The van der Waals surface area contributed by atoms with Crippen molar-refractivity contribution in [3.05, 3.63) is 57.6 Å². The first-order valence-corrected chi connectivity index (χ1v) is 8.67. The molecule has 1 fully saturated rings. The fourth-order valence-electron chi connectivity index (χ4n) is 3.12. The number of non-ortho nitro benzene ring substituents is 1. The molecule has 0 saturated carbocycles. The molecule has 0 radical (unpaired) electrons. The Morgan fingerprint density at radius 2 is 1.89 bits per heavy atom. The molecule has 0 unspecified atom stereocenters. The number of nitro benzene ring substituents is 1. The summed E-state index contributed by atoms with van der Waals surface area (Å²) in [5.74, 6) is 0.315. The monoisotopic (exact) mass is 383 g/mol. The highest BCUT2D eigenvalue weighted by Crippen LogP contribution is 2.33. The highest BCUT2D eigenvalue weighted by atomic mass is 16.7. The molecule has 144 valence electrons. The number of carbonyl (C=O) groups excluding carboxylic acids is 2. The van der Waals surface area contributed by atoms with Gasteiger partial charge in [0, 0.05) is 30.8 Å². The van der Waals surface area contributed by atoms with Gasteiger partial charge in [0.2, 0.25) is 12.7 Å². The first-order valence-electron chi connectivity index (χ1n) is 8.67. The van der Waals surface area contributed by atoms with Crippen LogP contribution in [0.3, 0.4) is 0 Å². The maximum absolute atomic E-state index is 12.5. The minimum absolute atomic E-state index is 0.0888. The summed E-state index contributed by atoms with van der Waals surface area (Å²) in [5.41, 5.74) is 1.51. The number of benzene rings is 2. The largest absolute Gasteiger partial charge is 0.454 e. The molecule has 9 nitrogen and oxygen atoms in total. The number of nitrogens with zero attached hydrogens (tertiary/aromatic N) is 2. The number of fused-ring (bicyclic) bond motifs is 1. The van der Waals surface area contributed by atoms with E-state index in [1.165, 1.54) is 12.1 Å². The van der Waals surface area contributed by atoms with Crippen LogP contribution in [0.15, 0.2) is 36.4 Å². The van der Waals surface area contributed by atoms with Crippen LogP contribution in [-0.2, 0) is 4.79 Å². The summed E-state index contributed by atoms with van der Waals surface area (Å²) in [6.45, 7) is 2.46. The van der Waals surface area contributed by atoms with Crippen molar-refractivity contribution in [1.82, 2.24) is 4.90 Å². The van der Waals surface area contributed by atoms with Gasteiger partial charge in [0.25, 0.3) is 11.6 Å². The fraction of sp³-hybridized carbons (Fsp3) is 0.263. The molecule has 2 aliphatic rings. The Hall–Kier alpha value is -3.62. The average molecular weight is 383 g/mol. The number of anilines is 1. The number of nitrogens with one attached hydrogen (secondary N) is 1. The molecule has 1 N–H and O–H groups in total. The van der Waals surface area contributed by atoms with Crippen molar-refractivity contribution in [3.8, 4) is 11.5 Å². The van der Waals surface area contributed by atoms with Crippen LogP contribution in [0.2, 0.25) is 0 Å². The Balaban J connectivity index is 1.37. The summed E-state index contributed by atoms with van der Waals surface area (Å²) in [6, 6.07) is 9.29. The highest BCUT2D eigenvalue weighted by Gasteiger charge is 2.36. The second-order valence-electron chi connectivity index (χ2n) is 6.72. The van der Waals surface area contributed by atoms with Crippen molar-refractivity contribution in [3.63, 3.8) is 0 Å². The molecule has 1 saturated heterocycles. The van der Waals surface area contributed by atoms with E-state index in [9.17, 15) is 19.7 Å². The number of hydrogen-bond donors (Lipinski definition) is 1. The number of amides is 2. The summed E-state index contributed by atoms with van der Waals surface area (Å²) in [7, 11) is 0. The molecule has 0 aliphatic carbocycles. The van der Waals surface area contributed by atoms with E-state index < -0.39 is 4.92 Å². The van der Waals surface area contributed by atoms with E-state index in [0.29, 0.717) is 22.7 Å². The number of likely N-dealkylation sites (tertiary alicyclic amines) is 1. The quantitative estimate of drug-likeness (QED) is 0.641. The van der Waals surface area contributed by atoms with Gasteiger partial charge < -0.3 is 19.7 Å². The van der Waals surface area contributed by atoms with E-state index >= 15 is 0 Å². The molecule has 2 aromatic rings. The van der Waals surface area contributed by atoms with Gasteiger partial charge in [0.15, 0.2) is 11.5 Å². The Kier molecular flexibility index (Phi) is 4.34. The minimum Gasteiger partial charge on any atom is -0.454 e. The Morgan fingerprint density at radius 3 is 2.64 bits per heavy atom. The van der Waals surface area contributed by atoms with Crippen LogP contribution in [0, 0.1) is 23.0 Å². The molecule has 9 heteroatoms. The molecule has 0 aromatic heterocycles. The van der Waals surface area contributed by atoms with Crippen molar-refractivity contribution in [2.24, 2.45) is 5.92 Å². The standard InChI is InChI=1S/C19H17N3O6/c1-11-2-4-14(22(25)26)7-15(11)20-18(23)13-8-21(9-13)19(24)12-3-5-16-17(6-12)28-10-27-16/h2-7,13H,8-10H2,1H3,(H,20,23). The molecule has 4 rings (SSSR count). The number of nitro groups is 1. The lowest BCUT2D eigenvalue weighted by molar-refractivity contribution is -0.384. The minimum atomic E-state index is -0.510. The van der Waals surface area contributed by atoms with Crippen LogP contribution >= 0.6 is 0 Å². The summed E-state index contributed by atoms with van der Waals surface area (Å²) < 4.78 is 10.5. The second kappa shape index (κ2) is 6.84. The van der Waals surface area contributed by atoms with Gasteiger partial charge >= 0.3 is 0 Å².